The number of para-hydroxylation sites is 1. The van der Waals surface area contributed by atoms with Crippen LogP contribution in [-0.4, -0.2) is 38.5 Å². The second kappa shape index (κ2) is 10.2. The monoisotopic (exact) mass is 367 g/mol. The zero-order chi connectivity index (χ0) is 17.5. The lowest BCUT2D eigenvalue weighted by atomic mass is 10.1. The number of halogens is 1. The maximum absolute atomic E-state index is 12.2. The summed E-state index contributed by atoms with van der Waals surface area (Å²) in [7, 11) is 0. The second-order valence-electron chi connectivity index (χ2n) is 6.11. The highest BCUT2D eigenvalue weighted by Gasteiger charge is 2.14. The van der Waals surface area contributed by atoms with Crippen LogP contribution in [0.5, 0.6) is 0 Å². The lowest BCUT2D eigenvalue weighted by molar-refractivity contribution is -0.137. The van der Waals surface area contributed by atoms with Gasteiger partial charge in [0.25, 0.3) is 5.56 Å². The number of hydrogen-bond donors (Lipinski definition) is 2. The van der Waals surface area contributed by atoms with Gasteiger partial charge in [0.2, 0.25) is 0 Å². The van der Waals surface area contributed by atoms with Crippen LogP contribution in [0.2, 0.25) is 0 Å². The predicted molar refractivity (Wildman–Crippen MR) is 101 cm³/mol. The molecule has 1 heterocycles. The first kappa shape index (κ1) is 21.1. The highest BCUT2D eigenvalue weighted by Crippen LogP contribution is 2.12. The molecule has 0 radical (unpaired) electrons. The van der Waals surface area contributed by atoms with E-state index in [2.05, 4.69) is 28.7 Å². The van der Waals surface area contributed by atoms with Gasteiger partial charge in [-0.25, -0.2) is 4.98 Å². The van der Waals surface area contributed by atoms with Gasteiger partial charge in [-0.15, -0.1) is 12.4 Å². The fraction of sp³-hybridized carbons (Fsp3) is 0.500. The molecule has 0 saturated heterocycles. The summed E-state index contributed by atoms with van der Waals surface area (Å²) in [5.74, 6) is -0.108. The smallest absolute Gasteiger partial charge is 0.303 e. The van der Waals surface area contributed by atoms with Crippen molar-refractivity contribution in [3.63, 3.8) is 0 Å². The summed E-state index contributed by atoms with van der Waals surface area (Å²) in [6.45, 7) is 5.60. The number of nitrogens with one attached hydrogen (secondary N) is 1. The summed E-state index contributed by atoms with van der Waals surface area (Å²) in [5, 5.41) is 9.33. The average Bonchev–Trinajstić information content (AvgIpc) is 2.56. The first-order valence-corrected chi connectivity index (χ1v) is 8.45. The zero-order valence-corrected chi connectivity index (χ0v) is 15.5. The molecule has 1 aromatic carbocycles. The van der Waals surface area contributed by atoms with Gasteiger partial charge in [0, 0.05) is 12.5 Å². The number of aromatic nitrogens is 2. The van der Waals surface area contributed by atoms with Crippen LogP contribution in [0, 0.1) is 0 Å². The number of H-pyrrole nitrogens is 1. The SMILES string of the molecule is CCC(C)N(CCCCC(=O)O)Cc1nc2ccccc2c(=O)[nH]1.Cl. The third-order valence-corrected chi connectivity index (χ3v) is 4.31. The van der Waals surface area contributed by atoms with Gasteiger partial charge in [-0.05, 0) is 44.9 Å². The minimum Gasteiger partial charge on any atom is -0.481 e. The van der Waals surface area contributed by atoms with Crippen molar-refractivity contribution in [3.8, 4) is 0 Å². The van der Waals surface area contributed by atoms with Crippen molar-refractivity contribution in [3.05, 3.63) is 40.4 Å². The molecular formula is C18H26ClN3O3. The molecule has 0 aliphatic rings. The van der Waals surface area contributed by atoms with Gasteiger partial charge in [-0.1, -0.05) is 19.1 Å². The van der Waals surface area contributed by atoms with Crippen LogP contribution in [0.15, 0.2) is 29.1 Å². The van der Waals surface area contributed by atoms with E-state index in [1.165, 1.54) is 0 Å². The molecule has 0 aliphatic carbocycles. The highest BCUT2D eigenvalue weighted by molar-refractivity contribution is 5.85. The maximum Gasteiger partial charge on any atom is 0.303 e. The molecular weight excluding hydrogens is 342 g/mol. The van der Waals surface area contributed by atoms with Crippen LogP contribution >= 0.6 is 12.4 Å². The Balaban J connectivity index is 0.00000312. The Labute approximate surface area is 153 Å². The number of carbonyl (C=O) groups is 1. The molecule has 0 amide bonds. The Morgan fingerprint density at radius 1 is 1.32 bits per heavy atom. The topological polar surface area (TPSA) is 86.3 Å². The number of fused-ring (bicyclic) bond motifs is 1. The number of carboxylic acid groups (broad SMARTS) is 1. The minimum absolute atomic E-state index is 0. The molecule has 0 aliphatic heterocycles. The summed E-state index contributed by atoms with van der Waals surface area (Å²) in [6.07, 6.45) is 2.65. The number of aliphatic carboxylic acids is 1. The maximum atomic E-state index is 12.2. The lowest BCUT2D eigenvalue weighted by Crippen LogP contribution is -2.34. The van der Waals surface area contributed by atoms with E-state index in [0.29, 0.717) is 35.7 Å². The van der Waals surface area contributed by atoms with Crippen LogP contribution in [-0.2, 0) is 11.3 Å². The van der Waals surface area contributed by atoms with Crippen LogP contribution in [0.3, 0.4) is 0 Å². The van der Waals surface area contributed by atoms with E-state index in [1.54, 1.807) is 6.07 Å². The second-order valence-corrected chi connectivity index (χ2v) is 6.11. The third-order valence-electron chi connectivity index (χ3n) is 4.31. The molecule has 2 aromatic rings. The summed E-state index contributed by atoms with van der Waals surface area (Å²) >= 11 is 0. The Hall–Kier alpha value is -1.92. The van der Waals surface area contributed by atoms with E-state index in [9.17, 15) is 9.59 Å². The summed E-state index contributed by atoms with van der Waals surface area (Å²) in [6, 6.07) is 7.65. The molecule has 1 unspecified atom stereocenters. The largest absolute Gasteiger partial charge is 0.481 e. The number of hydrogen-bond acceptors (Lipinski definition) is 4. The van der Waals surface area contributed by atoms with Crippen molar-refractivity contribution in [1.82, 2.24) is 14.9 Å². The van der Waals surface area contributed by atoms with Gasteiger partial charge < -0.3 is 10.1 Å². The van der Waals surface area contributed by atoms with Crippen LogP contribution in [0.25, 0.3) is 10.9 Å². The molecule has 2 rings (SSSR count). The molecule has 0 fully saturated rings. The normalized spacial score (nSPS) is 12.1. The molecule has 0 spiro atoms. The first-order valence-electron chi connectivity index (χ1n) is 8.45. The van der Waals surface area contributed by atoms with E-state index >= 15 is 0 Å². The Morgan fingerprint density at radius 3 is 2.72 bits per heavy atom. The molecule has 6 nitrogen and oxygen atoms in total. The Kier molecular flexibility index (Phi) is 8.58. The van der Waals surface area contributed by atoms with Crippen molar-refractivity contribution in [1.29, 1.82) is 0 Å². The fourth-order valence-electron chi connectivity index (χ4n) is 2.71. The fourth-order valence-corrected chi connectivity index (χ4v) is 2.71. The van der Waals surface area contributed by atoms with Crippen LogP contribution in [0.1, 0.15) is 45.4 Å². The van der Waals surface area contributed by atoms with Crippen molar-refractivity contribution >= 4 is 29.3 Å². The highest BCUT2D eigenvalue weighted by atomic mass is 35.5. The molecule has 0 saturated carbocycles. The standard InChI is InChI=1S/C18H25N3O3.ClH/c1-3-13(2)21(11-7-6-10-17(22)23)12-16-19-15-9-5-4-8-14(15)18(24)20-16;/h4-5,8-9,13H,3,6-7,10-12H2,1-2H3,(H,22,23)(H,19,20,24);1H. The van der Waals surface area contributed by atoms with Crippen molar-refractivity contribution in [2.45, 2.75) is 52.1 Å². The number of nitrogens with zero attached hydrogens (tertiary/aromatic N) is 2. The Morgan fingerprint density at radius 2 is 2.04 bits per heavy atom. The van der Waals surface area contributed by atoms with Gasteiger partial charge in [0.05, 0.1) is 17.4 Å². The number of unbranched alkanes of at least 4 members (excludes halogenated alkanes) is 1. The molecule has 138 valence electrons. The average molecular weight is 368 g/mol. The Bertz CT molecular complexity index is 748. The van der Waals surface area contributed by atoms with Crippen molar-refractivity contribution < 1.29 is 9.90 Å². The number of aromatic amines is 1. The summed E-state index contributed by atoms with van der Waals surface area (Å²) < 4.78 is 0. The van der Waals surface area contributed by atoms with Gasteiger partial charge in [-0.2, -0.15) is 0 Å². The zero-order valence-electron chi connectivity index (χ0n) is 14.7. The lowest BCUT2D eigenvalue weighted by Gasteiger charge is -2.27. The van der Waals surface area contributed by atoms with E-state index in [0.717, 1.165) is 19.4 Å². The van der Waals surface area contributed by atoms with Crippen molar-refractivity contribution in [2.75, 3.05) is 6.54 Å². The summed E-state index contributed by atoms with van der Waals surface area (Å²) in [5.41, 5.74) is 0.580. The van der Waals surface area contributed by atoms with E-state index in [1.807, 2.05) is 18.2 Å². The van der Waals surface area contributed by atoms with Gasteiger partial charge >= 0.3 is 5.97 Å². The quantitative estimate of drug-likeness (QED) is 0.664. The number of benzene rings is 1. The van der Waals surface area contributed by atoms with Gasteiger partial charge in [0.15, 0.2) is 0 Å². The van der Waals surface area contributed by atoms with Crippen LogP contribution in [0.4, 0.5) is 0 Å². The van der Waals surface area contributed by atoms with E-state index in [4.69, 9.17) is 5.11 Å². The summed E-state index contributed by atoms with van der Waals surface area (Å²) in [4.78, 5) is 32.5. The van der Waals surface area contributed by atoms with Gasteiger partial charge in [-0.3, -0.25) is 14.5 Å². The van der Waals surface area contributed by atoms with E-state index in [-0.39, 0.29) is 24.4 Å². The van der Waals surface area contributed by atoms with E-state index < -0.39 is 5.97 Å². The molecule has 7 heteroatoms. The van der Waals surface area contributed by atoms with Crippen molar-refractivity contribution in [2.24, 2.45) is 0 Å². The molecule has 2 N–H and O–H groups in total. The third kappa shape index (κ3) is 6.14. The van der Waals surface area contributed by atoms with Gasteiger partial charge in [0.1, 0.15) is 5.82 Å². The number of carboxylic acids is 1. The molecule has 0 bridgehead atoms. The molecule has 25 heavy (non-hydrogen) atoms. The predicted octanol–water partition coefficient (Wildman–Crippen LogP) is 3.20. The minimum atomic E-state index is -0.759. The van der Waals surface area contributed by atoms with Crippen LogP contribution < -0.4 is 5.56 Å². The molecule has 1 atom stereocenters. The number of rotatable bonds is 9. The molecule has 1 aromatic heterocycles. The first-order chi connectivity index (χ1) is 11.5.